The van der Waals surface area contributed by atoms with Gasteiger partial charge in [0.2, 0.25) is 0 Å². The average molecular weight is 345 g/mol. The Labute approximate surface area is 141 Å². The van der Waals surface area contributed by atoms with E-state index in [2.05, 4.69) is 10.3 Å². The fourth-order valence-corrected chi connectivity index (χ4v) is 2.53. The maximum atomic E-state index is 14.2. The summed E-state index contributed by atoms with van der Waals surface area (Å²) in [4.78, 5) is 16.6. The third kappa shape index (κ3) is 3.40. The molecular weight excluding hydrogens is 331 g/mol. The summed E-state index contributed by atoms with van der Waals surface area (Å²) in [5, 5.41) is 2.57. The summed E-state index contributed by atoms with van der Waals surface area (Å²) in [6.45, 7) is 0. The van der Waals surface area contributed by atoms with Crippen LogP contribution in [0.4, 0.5) is 13.2 Å². The quantitative estimate of drug-likeness (QED) is 0.788. The lowest BCUT2D eigenvalue weighted by Crippen LogP contribution is -2.32. The molecule has 0 saturated heterocycles. The van der Waals surface area contributed by atoms with Gasteiger partial charge < -0.3 is 9.88 Å². The van der Waals surface area contributed by atoms with Crippen molar-refractivity contribution < 1.29 is 18.0 Å². The van der Waals surface area contributed by atoms with Gasteiger partial charge in [0.25, 0.3) is 5.91 Å². The van der Waals surface area contributed by atoms with Crippen LogP contribution in [0.1, 0.15) is 27.8 Å². The lowest BCUT2D eigenvalue weighted by Gasteiger charge is -2.20. The lowest BCUT2D eigenvalue weighted by molar-refractivity contribution is 0.0936. The van der Waals surface area contributed by atoms with Crippen LogP contribution >= 0.6 is 0 Å². The molecule has 1 amide bonds. The highest BCUT2D eigenvalue weighted by Gasteiger charge is 2.25. The molecule has 128 valence electrons. The van der Waals surface area contributed by atoms with E-state index in [0.29, 0.717) is 11.9 Å². The highest BCUT2D eigenvalue weighted by Crippen LogP contribution is 2.24. The zero-order chi connectivity index (χ0) is 18.0. The SMILES string of the molecule is Cn1ccnc1[C@@H](NC(=O)c1ccc(F)cc1F)c1ccccc1F. The third-order valence-corrected chi connectivity index (χ3v) is 3.78. The number of aromatic nitrogens is 2. The van der Waals surface area contributed by atoms with Crippen molar-refractivity contribution in [2.45, 2.75) is 6.04 Å². The third-order valence-electron chi connectivity index (χ3n) is 3.78. The molecule has 0 bridgehead atoms. The van der Waals surface area contributed by atoms with Gasteiger partial charge in [-0.05, 0) is 18.2 Å². The van der Waals surface area contributed by atoms with E-state index in [0.717, 1.165) is 12.1 Å². The minimum absolute atomic E-state index is 0.188. The normalized spacial score (nSPS) is 12.0. The van der Waals surface area contributed by atoms with Crippen molar-refractivity contribution in [1.82, 2.24) is 14.9 Å². The number of carbonyl (C=O) groups excluding carboxylic acids is 1. The molecular formula is C18H14F3N3O. The van der Waals surface area contributed by atoms with Crippen LogP contribution < -0.4 is 5.32 Å². The van der Waals surface area contributed by atoms with Gasteiger partial charge in [0.15, 0.2) is 0 Å². The van der Waals surface area contributed by atoms with E-state index >= 15 is 0 Å². The van der Waals surface area contributed by atoms with E-state index in [1.54, 1.807) is 23.9 Å². The number of nitrogens with zero attached hydrogens (tertiary/aromatic N) is 2. The fourth-order valence-electron chi connectivity index (χ4n) is 2.53. The van der Waals surface area contributed by atoms with Gasteiger partial charge in [0.05, 0.1) is 5.56 Å². The molecule has 0 saturated carbocycles. The molecule has 1 heterocycles. The Kier molecular flexibility index (Phi) is 4.56. The number of rotatable bonds is 4. The Hall–Kier alpha value is -3.09. The summed E-state index contributed by atoms with van der Waals surface area (Å²) in [6.07, 6.45) is 3.15. The van der Waals surface area contributed by atoms with E-state index < -0.39 is 29.4 Å². The second-order valence-corrected chi connectivity index (χ2v) is 5.45. The van der Waals surface area contributed by atoms with E-state index in [4.69, 9.17) is 0 Å². The lowest BCUT2D eigenvalue weighted by atomic mass is 10.0. The van der Waals surface area contributed by atoms with Gasteiger partial charge in [-0.1, -0.05) is 18.2 Å². The second kappa shape index (κ2) is 6.80. The number of halogens is 3. The van der Waals surface area contributed by atoms with E-state index in [-0.39, 0.29) is 11.1 Å². The first kappa shape index (κ1) is 16.8. The predicted molar refractivity (Wildman–Crippen MR) is 85.3 cm³/mol. The van der Waals surface area contributed by atoms with Crippen molar-refractivity contribution in [3.63, 3.8) is 0 Å². The monoisotopic (exact) mass is 345 g/mol. The Balaban J connectivity index is 2.00. The van der Waals surface area contributed by atoms with Crippen LogP contribution in [0, 0.1) is 17.5 Å². The predicted octanol–water partition coefficient (Wildman–Crippen LogP) is 3.36. The van der Waals surface area contributed by atoms with Crippen molar-refractivity contribution in [2.75, 3.05) is 0 Å². The topological polar surface area (TPSA) is 46.9 Å². The summed E-state index contributed by atoms with van der Waals surface area (Å²) >= 11 is 0. The van der Waals surface area contributed by atoms with Crippen LogP contribution in [0.15, 0.2) is 54.9 Å². The average Bonchev–Trinajstić information content (AvgIpc) is 2.99. The van der Waals surface area contributed by atoms with E-state index in [9.17, 15) is 18.0 Å². The van der Waals surface area contributed by atoms with E-state index in [1.165, 1.54) is 24.4 Å². The van der Waals surface area contributed by atoms with Crippen molar-refractivity contribution in [1.29, 1.82) is 0 Å². The van der Waals surface area contributed by atoms with Gasteiger partial charge in [-0.25, -0.2) is 18.2 Å². The molecule has 0 fully saturated rings. The first-order chi connectivity index (χ1) is 12.0. The van der Waals surface area contributed by atoms with Crippen LogP contribution in [0.5, 0.6) is 0 Å². The number of nitrogens with one attached hydrogen (secondary N) is 1. The molecule has 7 heteroatoms. The molecule has 0 aliphatic rings. The smallest absolute Gasteiger partial charge is 0.255 e. The number of amides is 1. The second-order valence-electron chi connectivity index (χ2n) is 5.45. The molecule has 0 aliphatic heterocycles. The van der Waals surface area contributed by atoms with Gasteiger partial charge >= 0.3 is 0 Å². The molecule has 0 unspecified atom stereocenters. The zero-order valence-electron chi connectivity index (χ0n) is 13.2. The maximum Gasteiger partial charge on any atom is 0.255 e. The summed E-state index contributed by atoms with van der Waals surface area (Å²) in [6, 6.07) is 7.63. The van der Waals surface area contributed by atoms with Gasteiger partial charge in [-0.2, -0.15) is 0 Å². The number of hydrogen-bond donors (Lipinski definition) is 1. The molecule has 1 N–H and O–H groups in total. The molecule has 0 radical (unpaired) electrons. The van der Waals surface area contributed by atoms with Crippen LogP contribution in [0.2, 0.25) is 0 Å². The molecule has 0 aliphatic carbocycles. The molecule has 1 aromatic heterocycles. The number of hydrogen-bond acceptors (Lipinski definition) is 2. The number of aryl methyl sites for hydroxylation is 1. The Morgan fingerprint density at radius 2 is 1.88 bits per heavy atom. The number of imidazole rings is 1. The van der Waals surface area contributed by atoms with Gasteiger partial charge in [0.1, 0.15) is 29.3 Å². The summed E-state index contributed by atoms with van der Waals surface area (Å²) in [7, 11) is 1.70. The maximum absolute atomic E-state index is 14.2. The van der Waals surface area contributed by atoms with Crippen LogP contribution in [0.3, 0.4) is 0 Å². The minimum Gasteiger partial charge on any atom is -0.338 e. The summed E-state index contributed by atoms with van der Waals surface area (Å²) in [5.74, 6) is -2.74. The molecule has 2 aromatic carbocycles. The molecule has 3 rings (SSSR count). The summed E-state index contributed by atoms with van der Waals surface area (Å²) in [5.41, 5.74) is -0.149. The Morgan fingerprint density at radius 1 is 1.12 bits per heavy atom. The van der Waals surface area contributed by atoms with Crippen molar-refractivity contribution >= 4 is 5.91 Å². The van der Waals surface area contributed by atoms with Crippen molar-refractivity contribution in [3.05, 3.63) is 89.3 Å². The number of benzene rings is 2. The van der Waals surface area contributed by atoms with E-state index in [1.807, 2.05) is 0 Å². The fraction of sp³-hybridized carbons (Fsp3) is 0.111. The zero-order valence-corrected chi connectivity index (χ0v) is 13.2. The Morgan fingerprint density at radius 3 is 2.52 bits per heavy atom. The molecule has 1 atom stereocenters. The highest BCUT2D eigenvalue weighted by molar-refractivity contribution is 5.94. The van der Waals surface area contributed by atoms with Crippen LogP contribution in [-0.2, 0) is 7.05 Å². The van der Waals surface area contributed by atoms with Crippen molar-refractivity contribution in [2.24, 2.45) is 7.05 Å². The highest BCUT2D eigenvalue weighted by atomic mass is 19.1. The molecule has 0 spiro atoms. The van der Waals surface area contributed by atoms with Crippen molar-refractivity contribution in [3.8, 4) is 0 Å². The first-order valence-corrected chi connectivity index (χ1v) is 7.45. The minimum atomic E-state index is -0.996. The van der Waals surface area contributed by atoms with Gasteiger partial charge in [0, 0.05) is 31.1 Å². The molecule has 4 nitrogen and oxygen atoms in total. The standard InChI is InChI=1S/C18H14F3N3O/c1-24-9-8-22-17(24)16(12-4-2-3-5-14(12)20)23-18(25)13-7-6-11(19)10-15(13)21/h2-10,16H,1H3,(H,23,25)/t16-/m0/s1. The summed E-state index contributed by atoms with van der Waals surface area (Å²) < 4.78 is 42.8. The van der Waals surface area contributed by atoms with Crippen LogP contribution in [0.25, 0.3) is 0 Å². The molecule has 25 heavy (non-hydrogen) atoms. The molecule has 3 aromatic rings. The van der Waals surface area contributed by atoms with Gasteiger partial charge in [-0.3, -0.25) is 4.79 Å². The first-order valence-electron chi connectivity index (χ1n) is 7.45. The largest absolute Gasteiger partial charge is 0.338 e. The Bertz CT molecular complexity index is 923. The number of carbonyl (C=O) groups is 1. The van der Waals surface area contributed by atoms with Gasteiger partial charge in [-0.15, -0.1) is 0 Å². The van der Waals surface area contributed by atoms with Crippen LogP contribution in [-0.4, -0.2) is 15.5 Å².